The van der Waals surface area contributed by atoms with Gasteiger partial charge in [0.1, 0.15) is 17.3 Å². The van der Waals surface area contributed by atoms with Gasteiger partial charge >= 0.3 is 0 Å². The number of aryl methyl sites for hydroxylation is 2. The molecule has 0 spiro atoms. The monoisotopic (exact) mass is 375 g/mol. The summed E-state index contributed by atoms with van der Waals surface area (Å²) in [6.45, 7) is 6.79. The summed E-state index contributed by atoms with van der Waals surface area (Å²) in [6.07, 6.45) is 3.44. The fourth-order valence-electron chi connectivity index (χ4n) is 2.57. The van der Waals surface area contributed by atoms with Crippen LogP contribution >= 0.6 is 11.8 Å². The maximum absolute atomic E-state index is 12.3. The second-order valence-electron chi connectivity index (χ2n) is 6.97. The van der Waals surface area contributed by atoms with Gasteiger partial charge in [0.15, 0.2) is 0 Å². The molecule has 0 bridgehead atoms. The van der Waals surface area contributed by atoms with Crippen molar-refractivity contribution in [1.29, 1.82) is 0 Å². The number of furan rings is 1. The molecule has 26 heavy (non-hydrogen) atoms. The van der Waals surface area contributed by atoms with E-state index in [1.165, 1.54) is 5.57 Å². The highest BCUT2D eigenvalue weighted by molar-refractivity contribution is 7.98. The molecule has 2 heterocycles. The fraction of sp³-hybridized carbons (Fsp3) is 0.500. The van der Waals surface area contributed by atoms with Crippen LogP contribution in [-0.4, -0.2) is 34.7 Å². The minimum Gasteiger partial charge on any atom is -0.464 e. The summed E-state index contributed by atoms with van der Waals surface area (Å²) in [4.78, 5) is 21.8. The lowest BCUT2D eigenvalue weighted by molar-refractivity contribution is 0.344. The minimum atomic E-state index is -0.0191. The predicted octanol–water partition coefficient (Wildman–Crippen LogP) is 3.72. The average Bonchev–Trinajstić information content (AvgIpc) is 2.97. The summed E-state index contributed by atoms with van der Waals surface area (Å²) in [7, 11) is 4.05. The van der Waals surface area contributed by atoms with Crippen LogP contribution in [0.3, 0.4) is 0 Å². The standard InChI is InChI=1S/C20H29N3O2S/c1-14(2)6-9-18-15(3)21-19(22-20(18)24)10-11-26-13-17-8-7-16(25-17)12-23(4)5/h6-8H,9-13H2,1-5H3,(H,21,22,24). The van der Waals surface area contributed by atoms with Gasteiger partial charge in [-0.15, -0.1) is 0 Å². The maximum atomic E-state index is 12.3. The van der Waals surface area contributed by atoms with Crippen LogP contribution in [0.5, 0.6) is 0 Å². The zero-order valence-corrected chi connectivity index (χ0v) is 17.2. The van der Waals surface area contributed by atoms with Crippen molar-refractivity contribution in [3.63, 3.8) is 0 Å². The van der Waals surface area contributed by atoms with Gasteiger partial charge in [-0.25, -0.2) is 4.98 Å². The van der Waals surface area contributed by atoms with E-state index in [2.05, 4.69) is 20.9 Å². The van der Waals surface area contributed by atoms with Crippen LogP contribution in [0.15, 0.2) is 33.0 Å². The molecule has 0 aromatic carbocycles. The number of rotatable bonds is 9. The third kappa shape index (κ3) is 6.50. The van der Waals surface area contributed by atoms with Gasteiger partial charge < -0.3 is 14.3 Å². The van der Waals surface area contributed by atoms with Crippen molar-refractivity contribution < 1.29 is 4.42 Å². The van der Waals surface area contributed by atoms with E-state index in [4.69, 9.17) is 4.42 Å². The van der Waals surface area contributed by atoms with Gasteiger partial charge in [0, 0.05) is 23.4 Å². The van der Waals surface area contributed by atoms with E-state index in [-0.39, 0.29) is 5.56 Å². The van der Waals surface area contributed by atoms with E-state index < -0.39 is 0 Å². The summed E-state index contributed by atoms with van der Waals surface area (Å²) in [5.41, 5.74) is 2.77. The third-order valence-corrected chi connectivity index (χ3v) is 4.88. The van der Waals surface area contributed by atoms with Crippen molar-refractivity contribution in [2.24, 2.45) is 0 Å². The molecular formula is C20H29N3O2S. The summed E-state index contributed by atoms with van der Waals surface area (Å²) < 4.78 is 5.81. The van der Waals surface area contributed by atoms with Gasteiger partial charge in [-0.2, -0.15) is 11.8 Å². The van der Waals surface area contributed by atoms with Crippen molar-refractivity contribution in [3.8, 4) is 0 Å². The Kier molecular flexibility index (Phi) is 7.72. The maximum Gasteiger partial charge on any atom is 0.254 e. The highest BCUT2D eigenvalue weighted by atomic mass is 32.2. The van der Waals surface area contributed by atoms with Crippen molar-refractivity contribution in [2.45, 2.75) is 45.9 Å². The zero-order valence-electron chi connectivity index (χ0n) is 16.4. The second kappa shape index (κ2) is 9.78. The first-order valence-electron chi connectivity index (χ1n) is 8.87. The number of hydrogen-bond acceptors (Lipinski definition) is 5. The van der Waals surface area contributed by atoms with E-state index in [0.717, 1.165) is 53.1 Å². The number of nitrogens with zero attached hydrogens (tertiary/aromatic N) is 2. The Bertz CT molecular complexity index is 802. The van der Waals surface area contributed by atoms with Crippen LogP contribution in [0.1, 0.15) is 42.4 Å². The molecule has 0 unspecified atom stereocenters. The smallest absolute Gasteiger partial charge is 0.254 e. The van der Waals surface area contributed by atoms with Gasteiger partial charge in [0.2, 0.25) is 0 Å². The van der Waals surface area contributed by atoms with Crippen LogP contribution in [0.25, 0.3) is 0 Å². The molecule has 1 N–H and O–H groups in total. The molecule has 0 aliphatic carbocycles. The zero-order chi connectivity index (χ0) is 19.1. The van der Waals surface area contributed by atoms with Crippen LogP contribution in [0.4, 0.5) is 0 Å². The second-order valence-corrected chi connectivity index (χ2v) is 8.08. The Morgan fingerprint density at radius 3 is 2.69 bits per heavy atom. The Labute approximate surface area is 159 Å². The first-order valence-corrected chi connectivity index (χ1v) is 10.0. The molecule has 0 aliphatic heterocycles. The van der Waals surface area contributed by atoms with Crippen molar-refractivity contribution in [3.05, 3.63) is 62.7 Å². The molecule has 142 valence electrons. The minimum absolute atomic E-state index is 0.0191. The highest BCUT2D eigenvalue weighted by Gasteiger charge is 2.08. The number of hydrogen-bond donors (Lipinski definition) is 1. The van der Waals surface area contributed by atoms with E-state index in [1.54, 1.807) is 11.8 Å². The van der Waals surface area contributed by atoms with E-state index in [1.807, 2.05) is 47.0 Å². The number of thioether (sulfide) groups is 1. The van der Waals surface area contributed by atoms with Crippen LogP contribution < -0.4 is 5.56 Å². The molecule has 0 saturated carbocycles. The molecule has 0 radical (unpaired) electrons. The van der Waals surface area contributed by atoms with Crippen molar-refractivity contribution in [1.82, 2.24) is 14.9 Å². The van der Waals surface area contributed by atoms with Crippen LogP contribution in [0.2, 0.25) is 0 Å². The van der Waals surface area contributed by atoms with E-state index >= 15 is 0 Å². The lowest BCUT2D eigenvalue weighted by Crippen LogP contribution is -2.19. The lowest BCUT2D eigenvalue weighted by Gasteiger charge is -2.06. The van der Waals surface area contributed by atoms with Gasteiger partial charge in [-0.05, 0) is 53.4 Å². The Morgan fingerprint density at radius 2 is 2.04 bits per heavy atom. The molecule has 0 amide bonds. The molecule has 2 aromatic rings. The summed E-state index contributed by atoms with van der Waals surface area (Å²) in [5.74, 6) is 4.45. The SMILES string of the molecule is CC(C)=CCc1c(C)nc(CCSCc2ccc(CN(C)C)o2)[nH]c1=O. The molecule has 6 heteroatoms. The molecular weight excluding hydrogens is 346 g/mol. The Morgan fingerprint density at radius 1 is 1.31 bits per heavy atom. The fourth-order valence-corrected chi connectivity index (χ4v) is 3.41. The Hall–Kier alpha value is -1.79. The van der Waals surface area contributed by atoms with E-state index in [0.29, 0.717) is 6.42 Å². The molecule has 0 saturated heterocycles. The topological polar surface area (TPSA) is 62.1 Å². The average molecular weight is 376 g/mol. The lowest BCUT2D eigenvalue weighted by atomic mass is 10.1. The predicted molar refractivity (Wildman–Crippen MR) is 109 cm³/mol. The summed E-state index contributed by atoms with van der Waals surface area (Å²) in [6, 6.07) is 4.07. The van der Waals surface area contributed by atoms with Crippen LogP contribution in [0, 0.1) is 6.92 Å². The van der Waals surface area contributed by atoms with Gasteiger partial charge in [0.05, 0.1) is 12.3 Å². The largest absolute Gasteiger partial charge is 0.464 e. The normalized spacial score (nSPS) is 11.2. The van der Waals surface area contributed by atoms with Gasteiger partial charge in [-0.1, -0.05) is 11.6 Å². The summed E-state index contributed by atoms with van der Waals surface area (Å²) in [5, 5.41) is 0. The molecule has 0 fully saturated rings. The Balaban J connectivity index is 1.85. The van der Waals surface area contributed by atoms with Crippen LogP contribution in [-0.2, 0) is 25.1 Å². The molecule has 5 nitrogen and oxygen atoms in total. The quantitative estimate of drug-likeness (QED) is 0.535. The number of aromatic amines is 1. The number of aromatic nitrogens is 2. The van der Waals surface area contributed by atoms with Crippen molar-refractivity contribution >= 4 is 11.8 Å². The number of allylic oxidation sites excluding steroid dienone is 2. The van der Waals surface area contributed by atoms with Crippen molar-refractivity contribution in [2.75, 3.05) is 19.8 Å². The number of nitrogens with one attached hydrogen (secondary N) is 1. The van der Waals surface area contributed by atoms with Gasteiger partial charge in [-0.3, -0.25) is 4.79 Å². The van der Waals surface area contributed by atoms with Gasteiger partial charge in [0.25, 0.3) is 5.56 Å². The highest BCUT2D eigenvalue weighted by Crippen LogP contribution is 2.17. The van der Waals surface area contributed by atoms with E-state index in [9.17, 15) is 4.79 Å². The molecule has 0 atom stereocenters. The molecule has 2 aromatic heterocycles. The number of H-pyrrole nitrogens is 1. The molecule has 0 aliphatic rings. The summed E-state index contributed by atoms with van der Waals surface area (Å²) >= 11 is 1.78. The first kappa shape index (κ1) is 20.5. The first-order chi connectivity index (χ1) is 12.3. The molecule has 2 rings (SSSR count). The third-order valence-electron chi connectivity index (χ3n) is 3.90.